The van der Waals surface area contributed by atoms with Crippen molar-refractivity contribution in [3.63, 3.8) is 0 Å². The highest BCUT2D eigenvalue weighted by atomic mass is 16.2. The van der Waals surface area contributed by atoms with Crippen LogP contribution < -0.4 is 0 Å². The van der Waals surface area contributed by atoms with Crippen LogP contribution in [0.5, 0.6) is 0 Å². The van der Waals surface area contributed by atoms with Gasteiger partial charge in [-0.1, -0.05) is 121 Å². The summed E-state index contributed by atoms with van der Waals surface area (Å²) in [5, 5.41) is 0. The number of aldehydes is 1. The van der Waals surface area contributed by atoms with Crippen molar-refractivity contribution in [2.75, 3.05) is 32.7 Å². The molecule has 0 saturated carbocycles. The Labute approximate surface area is 253 Å². The summed E-state index contributed by atoms with van der Waals surface area (Å²) >= 11 is 0. The highest BCUT2D eigenvalue weighted by Gasteiger charge is 2.47. The van der Waals surface area contributed by atoms with Crippen molar-refractivity contribution in [3.05, 3.63) is 144 Å². The van der Waals surface area contributed by atoms with Gasteiger partial charge in [-0.05, 0) is 35.1 Å². The van der Waals surface area contributed by atoms with E-state index in [1.54, 1.807) is 9.80 Å². The summed E-state index contributed by atoms with van der Waals surface area (Å²) in [5.74, 6) is -0.156. The van der Waals surface area contributed by atoms with Crippen LogP contribution in [-0.2, 0) is 19.8 Å². The normalized spacial score (nSPS) is 18.9. The van der Waals surface area contributed by atoms with E-state index in [9.17, 15) is 14.4 Å². The van der Waals surface area contributed by atoms with Crippen molar-refractivity contribution in [3.8, 4) is 0 Å². The largest absolute Gasteiger partial charge is 0.338 e. The van der Waals surface area contributed by atoms with Crippen LogP contribution >= 0.6 is 0 Å². The number of rotatable bonds is 8. The summed E-state index contributed by atoms with van der Waals surface area (Å²) < 4.78 is 0. The third kappa shape index (κ3) is 5.63. The lowest BCUT2D eigenvalue weighted by Crippen LogP contribution is -2.59. The minimum absolute atomic E-state index is 0.00657. The zero-order valence-electron chi connectivity index (χ0n) is 24.3. The van der Waals surface area contributed by atoms with Crippen LogP contribution in [0.3, 0.4) is 0 Å². The Hall–Kier alpha value is -4.55. The molecule has 6 rings (SSSR count). The molecule has 2 aliphatic heterocycles. The molecule has 4 aromatic carbocycles. The number of likely N-dealkylation sites (tertiary alicyclic amines) is 1. The van der Waals surface area contributed by atoms with Crippen molar-refractivity contribution >= 4 is 18.1 Å². The van der Waals surface area contributed by atoms with Crippen molar-refractivity contribution in [2.45, 2.75) is 30.3 Å². The van der Waals surface area contributed by atoms with E-state index >= 15 is 0 Å². The number of benzene rings is 4. The van der Waals surface area contributed by atoms with Gasteiger partial charge in [0, 0.05) is 26.2 Å². The van der Waals surface area contributed by atoms with Gasteiger partial charge in [0.15, 0.2) is 0 Å². The minimum atomic E-state index is -0.830. The fraction of sp³-hybridized carbons (Fsp3) is 0.270. The Balaban J connectivity index is 1.22. The van der Waals surface area contributed by atoms with Gasteiger partial charge in [0.05, 0.1) is 24.0 Å². The van der Waals surface area contributed by atoms with Gasteiger partial charge in [0.25, 0.3) is 0 Å². The van der Waals surface area contributed by atoms with Crippen molar-refractivity contribution in [2.24, 2.45) is 0 Å². The molecule has 43 heavy (non-hydrogen) atoms. The monoisotopic (exact) mass is 571 g/mol. The second-order valence-corrected chi connectivity index (χ2v) is 11.5. The number of nitrogens with zero attached hydrogens (tertiary/aromatic N) is 3. The van der Waals surface area contributed by atoms with Crippen molar-refractivity contribution in [1.82, 2.24) is 14.7 Å². The Morgan fingerprint density at radius 2 is 1.26 bits per heavy atom. The lowest BCUT2D eigenvalue weighted by Gasteiger charge is -2.45. The number of carbonyl (C=O) groups excluding carboxylic acids is 3. The Kier molecular flexibility index (Phi) is 8.47. The van der Waals surface area contributed by atoms with E-state index in [2.05, 4.69) is 29.2 Å². The Morgan fingerprint density at radius 3 is 1.77 bits per heavy atom. The topological polar surface area (TPSA) is 60.9 Å². The van der Waals surface area contributed by atoms with E-state index in [-0.39, 0.29) is 24.4 Å². The molecule has 1 atom stereocenters. The van der Waals surface area contributed by atoms with Crippen molar-refractivity contribution < 1.29 is 14.4 Å². The van der Waals surface area contributed by atoms with E-state index in [1.807, 2.05) is 97.1 Å². The molecule has 218 valence electrons. The molecule has 4 aromatic rings. The summed E-state index contributed by atoms with van der Waals surface area (Å²) in [6.07, 6.45) is 2.44. The number of hydrogen-bond donors (Lipinski definition) is 0. The van der Waals surface area contributed by atoms with Crippen LogP contribution in [0, 0.1) is 0 Å². The lowest BCUT2D eigenvalue weighted by molar-refractivity contribution is -0.147. The van der Waals surface area contributed by atoms with E-state index in [4.69, 9.17) is 0 Å². The zero-order chi connectivity index (χ0) is 29.6. The summed E-state index contributed by atoms with van der Waals surface area (Å²) in [6, 6.07) is 39.7. The molecule has 1 unspecified atom stereocenters. The number of amides is 2. The fourth-order valence-corrected chi connectivity index (χ4v) is 6.91. The molecule has 2 fully saturated rings. The molecule has 2 amide bonds. The standard InChI is InChI=1S/C37H37N3O3/c41-28-33-26-38(24-25-40(33)35(29-14-5-1-6-15-29)30-16-7-2-8-17-30)34(42)27-39-23-13-22-37(36(39)43,31-18-9-3-10-19-31)32-20-11-4-12-21-32/h1-12,14-21,28,33,35H,13,22-27H2. The van der Waals surface area contributed by atoms with Gasteiger partial charge in [-0.25, -0.2) is 0 Å². The van der Waals surface area contributed by atoms with Crippen LogP contribution in [0.4, 0.5) is 0 Å². The number of hydrogen-bond acceptors (Lipinski definition) is 4. The zero-order valence-corrected chi connectivity index (χ0v) is 24.3. The molecule has 0 aromatic heterocycles. The van der Waals surface area contributed by atoms with Crippen LogP contribution in [0.15, 0.2) is 121 Å². The maximum absolute atomic E-state index is 14.3. The van der Waals surface area contributed by atoms with Gasteiger partial charge in [-0.3, -0.25) is 14.5 Å². The van der Waals surface area contributed by atoms with E-state index in [0.717, 1.165) is 35.0 Å². The Bertz CT molecular complexity index is 1450. The van der Waals surface area contributed by atoms with Crippen LogP contribution in [0.1, 0.15) is 41.1 Å². The van der Waals surface area contributed by atoms with Gasteiger partial charge in [-0.2, -0.15) is 0 Å². The quantitative estimate of drug-likeness (QED) is 0.276. The fourth-order valence-electron chi connectivity index (χ4n) is 6.91. The summed E-state index contributed by atoms with van der Waals surface area (Å²) in [5.41, 5.74) is 3.29. The molecule has 2 saturated heterocycles. The first-order chi connectivity index (χ1) is 21.1. The molecular weight excluding hydrogens is 534 g/mol. The van der Waals surface area contributed by atoms with Crippen LogP contribution in [-0.4, -0.2) is 71.6 Å². The summed E-state index contributed by atoms with van der Waals surface area (Å²) in [6.45, 7) is 1.88. The number of carbonyl (C=O) groups is 3. The highest BCUT2D eigenvalue weighted by molar-refractivity contribution is 5.95. The van der Waals surface area contributed by atoms with Crippen molar-refractivity contribution in [1.29, 1.82) is 0 Å². The third-order valence-electron chi connectivity index (χ3n) is 9.03. The molecule has 0 radical (unpaired) electrons. The molecule has 0 aliphatic carbocycles. The molecule has 0 bridgehead atoms. The molecule has 6 nitrogen and oxygen atoms in total. The van der Waals surface area contributed by atoms with E-state index in [0.29, 0.717) is 32.6 Å². The van der Waals surface area contributed by atoms with Gasteiger partial charge in [-0.15, -0.1) is 0 Å². The second kappa shape index (κ2) is 12.8. The second-order valence-electron chi connectivity index (χ2n) is 11.5. The molecule has 6 heteroatoms. The first-order valence-electron chi connectivity index (χ1n) is 15.1. The van der Waals surface area contributed by atoms with Crippen LogP contribution in [0.25, 0.3) is 0 Å². The maximum Gasteiger partial charge on any atom is 0.242 e. The molecular formula is C37H37N3O3. The van der Waals surface area contributed by atoms with Gasteiger partial charge in [0.1, 0.15) is 6.29 Å². The predicted octanol–water partition coefficient (Wildman–Crippen LogP) is 5.10. The Morgan fingerprint density at radius 1 is 0.744 bits per heavy atom. The van der Waals surface area contributed by atoms with Gasteiger partial charge >= 0.3 is 0 Å². The first-order valence-corrected chi connectivity index (χ1v) is 15.1. The van der Waals surface area contributed by atoms with Gasteiger partial charge < -0.3 is 14.6 Å². The average Bonchev–Trinajstić information content (AvgIpc) is 3.08. The van der Waals surface area contributed by atoms with Gasteiger partial charge in [0.2, 0.25) is 11.8 Å². The summed E-state index contributed by atoms with van der Waals surface area (Å²) in [7, 11) is 0. The van der Waals surface area contributed by atoms with Crippen LogP contribution in [0.2, 0.25) is 0 Å². The van der Waals surface area contributed by atoms with E-state index in [1.165, 1.54) is 0 Å². The molecule has 2 aliphatic rings. The summed E-state index contributed by atoms with van der Waals surface area (Å²) in [4.78, 5) is 46.3. The minimum Gasteiger partial charge on any atom is -0.338 e. The predicted molar refractivity (Wildman–Crippen MR) is 167 cm³/mol. The molecule has 2 heterocycles. The van der Waals surface area contributed by atoms with E-state index < -0.39 is 11.5 Å². The first kappa shape index (κ1) is 28.6. The highest BCUT2D eigenvalue weighted by Crippen LogP contribution is 2.41. The third-order valence-corrected chi connectivity index (χ3v) is 9.03. The number of piperidine rings is 1. The number of piperazine rings is 1. The lowest BCUT2D eigenvalue weighted by atomic mass is 9.68. The molecule has 0 spiro atoms. The molecule has 0 N–H and O–H groups in total. The maximum atomic E-state index is 14.3. The SMILES string of the molecule is O=CC1CN(C(=O)CN2CCCC(c3ccccc3)(c3ccccc3)C2=O)CCN1C(c1ccccc1)c1ccccc1. The smallest absolute Gasteiger partial charge is 0.242 e. The average molecular weight is 572 g/mol.